The molecule has 0 aliphatic carbocycles. The van der Waals surface area contributed by atoms with Gasteiger partial charge in [-0.15, -0.1) is 0 Å². The Kier molecular flexibility index (Phi) is 5.92. The molecule has 2 heterocycles. The van der Waals surface area contributed by atoms with E-state index in [0.29, 0.717) is 6.42 Å². The molecule has 1 aliphatic rings. The molecule has 23 heavy (non-hydrogen) atoms. The van der Waals surface area contributed by atoms with E-state index in [4.69, 9.17) is 0 Å². The Morgan fingerprint density at radius 1 is 1.30 bits per heavy atom. The molecule has 0 aromatic carbocycles. The number of carbonyl (C=O) groups is 1. The molecule has 0 saturated carbocycles. The van der Waals surface area contributed by atoms with Crippen LogP contribution in [0.5, 0.6) is 0 Å². The van der Waals surface area contributed by atoms with Gasteiger partial charge in [0.2, 0.25) is 0 Å². The molecule has 1 unspecified atom stereocenters. The quantitative estimate of drug-likeness (QED) is 0.797. The van der Waals surface area contributed by atoms with Gasteiger partial charge in [-0.1, -0.05) is 13.8 Å². The maximum Gasteiger partial charge on any atom is 0.270 e. The Bertz CT molecular complexity index is 642. The van der Waals surface area contributed by atoms with E-state index in [1.807, 2.05) is 0 Å². The summed E-state index contributed by atoms with van der Waals surface area (Å²) in [5.41, 5.74) is 0.275. The minimum Gasteiger partial charge on any atom is -0.357 e. The smallest absolute Gasteiger partial charge is 0.270 e. The summed E-state index contributed by atoms with van der Waals surface area (Å²) in [5.74, 6) is 0.527. The molecule has 2 rings (SSSR count). The summed E-state index contributed by atoms with van der Waals surface area (Å²) in [6.07, 6.45) is 3.83. The Hall–Kier alpha value is -1.70. The van der Waals surface area contributed by atoms with Gasteiger partial charge >= 0.3 is 0 Å². The zero-order valence-electron chi connectivity index (χ0n) is 13.7. The van der Waals surface area contributed by atoms with Crippen molar-refractivity contribution in [2.24, 2.45) is 0 Å². The van der Waals surface area contributed by atoms with Crippen molar-refractivity contribution in [1.29, 1.82) is 0 Å². The molecule has 0 spiro atoms. The highest BCUT2D eigenvalue weighted by molar-refractivity contribution is 7.91. The van der Waals surface area contributed by atoms with E-state index in [0.717, 1.165) is 31.7 Å². The third-order valence-electron chi connectivity index (χ3n) is 3.76. The van der Waals surface area contributed by atoms with Crippen molar-refractivity contribution in [3.63, 3.8) is 0 Å². The number of nitrogens with one attached hydrogen (secondary N) is 1. The van der Waals surface area contributed by atoms with E-state index in [9.17, 15) is 13.2 Å². The second-order valence-corrected chi connectivity index (χ2v) is 8.05. The number of nitrogens with zero attached hydrogens (tertiary/aromatic N) is 3. The number of hydrogen-bond donors (Lipinski definition) is 1. The molecular formula is C15H24N4O3S. The van der Waals surface area contributed by atoms with Crippen molar-refractivity contribution < 1.29 is 13.2 Å². The Labute approximate surface area is 137 Å². The molecule has 1 saturated heterocycles. The van der Waals surface area contributed by atoms with Crippen LogP contribution in [0.25, 0.3) is 0 Å². The minimum atomic E-state index is -3.02. The zero-order valence-corrected chi connectivity index (χ0v) is 14.5. The fourth-order valence-corrected chi connectivity index (χ4v) is 4.37. The van der Waals surface area contributed by atoms with E-state index in [-0.39, 0.29) is 29.1 Å². The highest BCUT2D eigenvalue weighted by Crippen LogP contribution is 2.14. The normalized spacial score (nSPS) is 19.5. The Morgan fingerprint density at radius 3 is 2.57 bits per heavy atom. The van der Waals surface area contributed by atoms with Crippen LogP contribution >= 0.6 is 0 Å². The molecule has 1 N–H and O–H groups in total. The lowest BCUT2D eigenvalue weighted by Gasteiger charge is -2.22. The van der Waals surface area contributed by atoms with Crippen LogP contribution in [0.1, 0.15) is 43.6 Å². The van der Waals surface area contributed by atoms with E-state index < -0.39 is 9.84 Å². The number of amides is 1. The lowest BCUT2D eigenvalue weighted by Crippen LogP contribution is -2.36. The van der Waals surface area contributed by atoms with E-state index >= 15 is 0 Å². The van der Waals surface area contributed by atoms with Crippen molar-refractivity contribution in [2.75, 3.05) is 29.5 Å². The summed E-state index contributed by atoms with van der Waals surface area (Å²) in [5, 5.41) is 2.75. The maximum absolute atomic E-state index is 12.3. The molecule has 1 aromatic heterocycles. The molecule has 1 aliphatic heterocycles. The standard InChI is InChI=1S/C15H24N4O3S/c1-3-6-19(7-4-2)14-9-13(16-11-17-14)15(20)18-12-5-8-23(21,22)10-12/h9,11-12H,3-8,10H2,1-2H3,(H,18,20). The number of sulfone groups is 1. The molecule has 1 fully saturated rings. The van der Waals surface area contributed by atoms with E-state index in [1.54, 1.807) is 6.07 Å². The summed E-state index contributed by atoms with van der Waals surface area (Å²) in [7, 11) is -3.02. The average Bonchev–Trinajstić information content (AvgIpc) is 2.86. The summed E-state index contributed by atoms with van der Waals surface area (Å²) in [6.45, 7) is 5.93. The van der Waals surface area contributed by atoms with Crippen LogP contribution in [-0.2, 0) is 9.84 Å². The summed E-state index contributed by atoms with van der Waals surface area (Å²) < 4.78 is 22.9. The van der Waals surface area contributed by atoms with E-state index in [1.165, 1.54) is 6.33 Å². The van der Waals surface area contributed by atoms with Gasteiger partial charge < -0.3 is 10.2 Å². The molecule has 1 atom stereocenters. The van der Waals surface area contributed by atoms with Crippen molar-refractivity contribution in [2.45, 2.75) is 39.2 Å². The van der Waals surface area contributed by atoms with Gasteiger partial charge in [0.05, 0.1) is 11.5 Å². The van der Waals surface area contributed by atoms with Gasteiger partial charge in [0.25, 0.3) is 5.91 Å². The molecule has 1 amide bonds. The fourth-order valence-electron chi connectivity index (χ4n) is 2.69. The molecule has 128 valence electrons. The van der Waals surface area contributed by atoms with Gasteiger partial charge in [-0.25, -0.2) is 18.4 Å². The first-order valence-corrected chi connectivity index (χ1v) is 9.85. The summed E-state index contributed by atoms with van der Waals surface area (Å²) in [6, 6.07) is 1.35. The number of aromatic nitrogens is 2. The van der Waals surface area contributed by atoms with Gasteiger partial charge in [0.15, 0.2) is 9.84 Å². The van der Waals surface area contributed by atoms with Crippen LogP contribution < -0.4 is 10.2 Å². The van der Waals surface area contributed by atoms with Gasteiger partial charge in [-0.05, 0) is 19.3 Å². The fraction of sp³-hybridized carbons (Fsp3) is 0.667. The third kappa shape index (κ3) is 4.89. The third-order valence-corrected chi connectivity index (χ3v) is 5.53. The SMILES string of the molecule is CCCN(CCC)c1cc(C(=O)NC2CCS(=O)(=O)C2)ncn1. The first-order chi connectivity index (χ1) is 10.9. The summed E-state index contributed by atoms with van der Waals surface area (Å²) >= 11 is 0. The number of anilines is 1. The van der Waals surface area contributed by atoms with Crippen LogP contribution in [0.2, 0.25) is 0 Å². The van der Waals surface area contributed by atoms with Gasteiger partial charge in [-0.3, -0.25) is 4.79 Å². The van der Waals surface area contributed by atoms with Crippen LogP contribution in [0.15, 0.2) is 12.4 Å². The molecule has 0 bridgehead atoms. The lowest BCUT2D eigenvalue weighted by molar-refractivity contribution is 0.0936. The lowest BCUT2D eigenvalue weighted by atomic mass is 10.2. The predicted molar refractivity (Wildman–Crippen MR) is 89.4 cm³/mol. The van der Waals surface area contributed by atoms with Crippen molar-refractivity contribution in [3.8, 4) is 0 Å². The highest BCUT2D eigenvalue weighted by Gasteiger charge is 2.29. The van der Waals surface area contributed by atoms with Crippen molar-refractivity contribution in [3.05, 3.63) is 18.1 Å². The number of hydrogen-bond acceptors (Lipinski definition) is 6. The molecule has 7 nitrogen and oxygen atoms in total. The first-order valence-electron chi connectivity index (χ1n) is 8.03. The van der Waals surface area contributed by atoms with Gasteiger partial charge in [0.1, 0.15) is 17.8 Å². The second-order valence-electron chi connectivity index (χ2n) is 5.82. The predicted octanol–water partition coefficient (Wildman–Crippen LogP) is 1.02. The Balaban J connectivity index is 2.07. The highest BCUT2D eigenvalue weighted by atomic mass is 32.2. The Morgan fingerprint density at radius 2 is 2.00 bits per heavy atom. The first kappa shape index (κ1) is 17.7. The molecule has 1 aromatic rings. The van der Waals surface area contributed by atoms with Gasteiger partial charge in [-0.2, -0.15) is 0 Å². The van der Waals surface area contributed by atoms with E-state index in [2.05, 4.69) is 34.0 Å². The summed E-state index contributed by atoms with van der Waals surface area (Å²) in [4.78, 5) is 22.7. The second kappa shape index (κ2) is 7.72. The molecule has 0 radical (unpaired) electrons. The van der Waals surface area contributed by atoms with Crippen LogP contribution in [0.3, 0.4) is 0 Å². The van der Waals surface area contributed by atoms with Crippen molar-refractivity contribution in [1.82, 2.24) is 15.3 Å². The monoisotopic (exact) mass is 340 g/mol. The number of rotatable bonds is 7. The topological polar surface area (TPSA) is 92.3 Å². The maximum atomic E-state index is 12.3. The van der Waals surface area contributed by atoms with Gasteiger partial charge in [0, 0.05) is 25.2 Å². The average molecular weight is 340 g/mol. The largest absolute Gasteiger partial charge is 0.357 e. The number of carbonyl (C=O) groups excluding carboxylic acids is 1. The molecule has 8 heteroatoms. The molecular weight excluding hydrogens is 316 g/mol. The van der Waals surface area contributed by atoms with Crippen LogP contribution in [-0.4, -0.2) is 54.9 Å². The van der Waals surface area contributed by atoms with Crippen LogP contribution in [0, 0.1) is 0 Å². The van der Waals surface area contributed by atoms with Crippen molar-refractivity contribution >= 4 is 21.6 Å². The van der Waals surface area contributed by atoms with Crippen LogP contribution in [0.4, 0.5) is 5.82 Å². The zero-order chi connectivity index (χ0) is 16.9. The minimum absolute atomic E-state index is 0.00841.